The van der Waals surface area contributed by atoms with Crippen LogP contribution >= 0.6 is 0 Å². The zero-order chi connectivity index (χ0) is 21.6. The van der Waals surface area contributed by atoms with Crippen LogP contribution in [0.3, 0.4) is 0 Å². The average molecular weight is 416 g/mol. The van der Waals surface area contributed by atoms with E-state index in [1.807, 2.05) is 18.0 Å². The van der Waals surface area contributed by atoms with Crippen molar-refractivity contribution in [2.75, 3.05) is 52.9 Å². The summed E-state index contributed by atoms with van der Waals surface area (Å²) in [6.07, 6.45) is 5.07. The van der Waals surface area contributed by atoms with Gasteiger partial charge in [-0.3, -0.25) is 9.79 Å². The van der Waals surface area contributed by atoms with Gasteiger partial charge in [0, 0.05) is 45.6 Å². The number of guanidine groups is 1. The SMILES string of the molecule is CCCN(CCC)CCCNC(=NC)NCC1CC(=O)N(CCc2ccccc2)C1. The second kappa shape index (κ2) is 14.0. The van der Waals surface area contributed by atoms with Crippen LogP contribution < -0.4 is 10.6 Å². The summed E-state index contributed by atoms with van der Waals surface area (Å²) < 4.78 is 0. The number of hydrogen-bond donors (Lipinski definition) is 2. The maximum atomic E-state index is 12.3. The number of amides is 1. The summed E-state index contributed by atoms with van der Waals surface area (Å²) in [4.78, 5) is 21.2. The number of hydrogen-bond acceptors (Lipinski definition) is 3. The highest BCUT2D eigenvalue weighted by Gasteiger charge is 2.29. The van der Waals surface area contributed by atoms with Crippen LogP contribution in [0.25, 0.3) is 0 Å². The van der Waals surface area contributed by atoms with Crippen LogP contribution in [0.4, 0.5) is 0 Å². The topological polar surface area (TPSA) is 60.0 Å². The molecule has 1 aliphatic rings. The van der Waals surface area contributed by atoms with Crippen LogP contribution in [0.15, 0.2) is 35.3 Å². The number of rotatable bonds is 13. The molecule has 168 valence electrons. The molecule has 0 bridgehead atoms. The van der Waals surface area contributed by atoms with Crippen molar-refractivity contribution in [3.05, 3.63) is 35.9 Å². The Bertz CT molecular complexity index is 628. The lowest BCUT2D eigenvalue weighted by atomic mass is 10.1. The Morgan fingerprint density at radius 3 is 2.53 bits per heavy atom. The Kier molecular flexibility index (Phi) is 11.3. The van der Waals surface area contributed by atoms with Gasteiger partial charge in [-0.1, -0.05) is 44.2 Å². The minimum Gasteiger partial charge on any atom is -0.356 e. The second-order valence-corrected chi connectivity index (χ2v) is 8.22. The van der Waals surface area contributed by atoms with Gasteiger partial charge < -0.3 is 20.4 Å². The molecule has 1 heterocycles. The Morgan fingerprint density at radius 1 is 1.13 bits per heavy atom. The van der Waals surface area contributed by atoms with Crippen LogP contribution in [-0.2, 0) is 11.2 Å². The number of nitrogens with one attached hydrogen (secondary N) is 2. The van der Waals surface area contributed by atoms with Crippen LogP contribution in [0.5, 0.6) is 0 Å². The van der Waals surface area contributed by atoms with Crippen LogP contribution in [-0.4, -0.2) is 74.5 Å². The fraction of sp³-hybridized carbons (Fsp3) is 0.667. The van der Waals surface area contributed by atoms with Gasteiger partial charge in [-0.25, -0.2) is 0 Å². The van der Waals surface area contributed by atoms with E-state index in [2.05, 4.69) is 58.6 Å². The third-order valence-corrected chi connectivity index (χ3v) is 5.61. The maximum absolute atomic E-state index is 12.3. The van der Waals surface area contributed by atoms with Crippen molar-refractivity contribution < 1.29 is 4.79 Å². The van der Waals surface area contributed by atoms with E-state index in [0.29, 0.717) is 12.3 Å². The van der Waals surface area contributed by atoms with Gasteiger partial charge in [-0.05, 0) is 50.9 Å². The molecule has 2 N–H and O–H groups in total. The lowest BCUT2D eigenvalue weighted by Crippen LogP contribution is -2.41. The molecule has 1 aliphatic heterocycles. The van der Waals surface area contributed by atoms with E-state index in [1.165, 1.54) is 31.5 Å². The number of likely N-dealkylation sites (tertiary alicyclic amines) is 1. The van der Waals surface area contributed by atoms with Crippen molar-refractivity contribution >= 4 is 11.9 Å². The lowest BCUT2D eigenvalue weighted by Gasteiger charge is -2.21. The molecule has 1 aromatic rings. The van der Waals surface area contributed by atoms with Gasteiger partial charge in [0.25, 0.3) is 0 Å². The highest BCUT2D eigenvalue weighted by atomic mass is 16.2. The van der Waals surface area contributed by atoms with E-state index < -0.39 is 0 Å². The number of carbonyl (C=O) groups excluding carboxylic acids is 1. The van der Waals surface area contributed by atoms with E-state index in [9.17, 15) is 4.79 Å². The molecule has 0 aliphatic carbocycles. The van der Waals surface area contributed by atoms with Crippen LogP contribution in [0.1, 0.15) is 45.1 Å². The van der Waals surface area contributed by atoms with E-state index >= 15 is 0 Å². The van der Waals surface area contributed by atoms with Crippen molar-refractivity contribution in [1.82, 2.24) is 20.4 Å². The zero-order valence-corrected chi connectivity index (χ0v) is 19.2. The molecule has 6 nitrogen and oxygen atoms in total. The van der Waals surface area contributed by atoms with Crippen LogP contribution in [0.2, 0.25) is 0 Å². The van der Waals surface area contributed by atoms with E-state index in [0.717, 1.165) is 51.5 Å². The molecule has 30 heavy (non-hydrogen) atoms. The standard InChI is InChI=1S/C24H41N5O/c1-4-14-28(15-5-2)16-9-13-26-24(25-3)27-19-22-18-23(30)29(20-22)17-12-21-10-7-6-8-11-21/h6-8,10-11,22H,4-5,9,12-20H2,1-3H3,(H2,25,26,27). The third-order valence-electron chi connectivity index (χ3n) is 5.61. The third kappa shape index (κ3) is 8.74. The van der Waals surface area contributed by atoms with Gasteiger partial charge in [0.1, 0.15) is 0 Å². The Hall–Kier alpha value is -2.08. The molecule has 0 saturated carbocycles. The summed E-state index contributed by atoms with van der Waals surface area (Å²) >= 11 is 0. The van der Waals surface area contributed by atoms with Crippen molar-refractivity contribution in [3.8, 4) is 0 Å². The molecule has 1 amide bonds. The quantitative estimate of drug-likeness (QED) is 0.295. The first-order chi connectivity index (χ1) is 14.7. The molecule has 0 aromatic heterocycles. The van der Waals surface area contributed by atoms with Crippen molar-refractivity contribution in [2.45, 2.75) is 46.0 Å². The molecular formula is C24H41N5O. The minimum atomic E-state index is 0.271. The summed E-state index contributed by atoms with van der Waals surface area (Å²) in [5.74, 6) is 1.45. The Balaban J connectivity index is 1.64. The van der Waals surface area contributed by atoms with Crippen molar-refractivity contribution in [2.24, 2.45) is 10.9 Å². The van der Waals surface area contributed by atoms with Crippen LogP contribution in [0, 0.1) is 5.92 Å². The molecule has 1 atom stereocenters. The number of nitrogens with zero attached hydrogens (tertiary/aromatic N) is 3. The minimum absolute atomic E-state index is 0.271. The lowest BCUT2D eigenvalue weighted by molar-refractivity contribution is -0.127. The van der Waals surface area contributed by atoms with Gasteiger partial charge >= 0.3 is 0 Å². The molecule has 1 unspecified atom stereocenters. The highest BCUT2D eigenvalue weighted by Crippen LogP contribution is 2.17. The average Bonchev–Trinajstić information content (AvgIpc) is 3.12. The predicted octanol–water partition coefficient (Wildman–Crippen LogP) is 2.75. The van der Waals surface area contributed by atoms with Crippen molar-refractivity contribution in [1.29, 1.82) is 0 Å². The summed E-state index contributed by atoms with van der Waals surface area (Å²) in [6, 6.07) is 10.4. The molecule has 0 spiro atoms. The molecule has 1 saturated heterocycles. The van der Waals surface area contributed by atoms with Gasteiger partial charge in [0.05, 0.1) is 0 Å². The van der Waals surface area contributed by atoms with Gasteiger partial charge in [-0.15, -0.1) is 0 Å². The van der Waals surface area contributed by atoms with Crippen molar-refractivity contribution in [3.63, 3.8) is 0 Å². The van der Waals surface area contributed by atoms with E-state index in [4.69, 9.17) is 0 Å². The summed E-state index contributed by atoms with van der Waals surface area (Å²) in [5, 5.41) is 6.83. The predicted molar refractivity (Wildman–Crippen MR) is 126 cm³/mol. The number of benzene rings is 1. The first-order valence-electron chi connectivity index (χ1n) is 11.6. The Morgan fingerprint density at radius 2 is 1.87 bits per heavy atom. The fourth-order valence-corrected chi connectivity index (χ4v) is 4.05. The molecule has 1 aromatic carbocycles. The second-order valence-electron chi connectivity index (χ2n) is 8.22. The fourth-order valence-electron chi connectivity index (χ4n) is 4.05. The molecule has 1 fully saturated rings. The summed E-state index contributed by atoms with van der Waals surface area (Å²) in [5.41, 5.74) is 1.29. The normalized spacial score (nSPS) is 17.1. The summed E-state index contributed by atoms with van der Waals surface area (Å²) in [6.45, 7) is 11.3. The number of aliphatic imine (C=N–C) groups is 1. The maximum Gasteiger partial charge on any atom is 0.223 e. The monoisotopic (exact) mass is 415 g/mol. The zero-order valence-electron chi connectivity index (χ0n) is 19.2. The molecule has 6 heteroatoms. The first-order valence-corrected chi connectivity index (χ1v) is 11.6. The molecule has 2 rings (SSSR count). The number of carbonyl (C=O) groups is 1. The van der Waals surface area contributed by atoms with Gasteiger partial charge in [0.15, 0.2) is 5.96 Å². The molecule has 0 radical (unpaired) electrons. The van der Waals surface area contributed by atoms with E-state index in [-0.39, 0.29) is 5.91 Å². The summed E-state index contributed by atoms with van der Waals surface area (Å²) in [7, 11) is 1.81. The first kappa shape index (κ1) is 24.2. The smallest absolute Gasteiger partial charge is 0.223 e. The Labute approximate surface area is 183 Å². The molecular weight excluding hydrogens is 374 g/mol. The van der Waals surface area contributed by atoms with Gasteiger partial charge in [0.2, 0.25) is 5.91 Å². The van der Waals surface area contributed by atoms with Gasteiger partial charge in [-0.2, -0.15) is 0 Å². The van der Waals surface area contributed by atoms with E-state index in [1.54, 1.807) is 0 Å². The largest absolute Gasteiger partial charge is 0.356 e. The highest BCUT2D eigenvalue weighted by molar-refractivity contribution is 5.80.